The Balaban J connectivity index is 0.00000132. The van der Waals surface area contributed by atoms with Gasteiger partial charge in [0, 0.05) is 44.5 Å². The fourth-order valence-corrected chi connectivity index (χ4v) is 3.29. The number of nitrogens with zero attached hydrogens (tertiary/aromatic N) is 3. The monoisotopic (exact) mass is 408 g/mol. The molecule has 1 atom stereocenters. The molecule has 0 radical (unpaired) electrons. The van der Waals surface area contributed by atoms with E-state index >= 15 is 0 Å². The molecule has 0 aromatic heterocycles. The van der Waals surface area contributed by atoms with Crippen LogP contribution >= 0.6 is 0 Å². The highest BCUT2D eigenvalue weighted by Crippen LogP contribution is 2.14. The summed E-state index contributed by atoms with van der Waals surface area (Å²) in [5.74, 6) is -1.74. The molecule has 160 valence electrons. The van der Waals surface area contributed by atoms with E-state index in [4.69, 9.17) is 20.4 Å². The lowest BCUT2D eigenvalue weighted by Crippen LogP contribution is -2.47. The van der Waals surface area contributed by atoms with Gasteiger partial charge >= 0.3 is 18.1 Å². The molecule has 1 unspecified atom stereocenters. The maximum Gasteiger partial charge on any atom is 0.373 e. The highest BCUT2D eigenvalue weighted by molar-refractivity contribution is 5.69. The molecule has 0 saturated carbocycles. The van der Waals surface area contributed by atoms with Crippen molar-refractivity contribution in [2.24, 2.45) is 0 Å². The fourth-order valence-electron chi connectivity index (χ4n) is 3.29. The Morgan fingerprint density at radius 1 is 1.03 bits per heavy atom. The summed E-state index contributed by atoms with van der Waals surface area (Å²) in [5.41, 5.74) is 7.55. The van der Waals surface area contributed by atoms with Crippen LogP contribution in [0, 0.1) is 0 Å². The minimum atomic E-state index is -0.876. The summed E-state index contributed by atoms with van der Waals surface area (Å²) in [5, 5.41) is 18.4. The molecule has 1 fully saturated rings. The van der Waals surface area contributed by atoms with E-state index in [0.717, 1.165) is 25.1 Å². The summed E-state index contributed by atoms with van der Waals surface area (Å²) in [4.78, 5) is 44.6. The molecule has 1 aromatic carbocycles. The number of carboxylic acids is 2. The van der Waals surface area contributed by atoms with Crippen molar-refractivity contribution in [1.82, 2.24) is 14.7 Å². The van der Waals surface area contributed by atoms with Crippen LogP contribution in [-0.2, 0) is 25.6 Å². The van der Waals surface area contributed by atoms with Gasteiger partial charge in [-0.2, -0.15) is 9.59 Å². The Kier molecular flexibility index (Phi) is 10.6. The van der Waals surface area contributed by atoms with Crippen LogP contribution in [-0.4, -0.2) is 102 Å². The average molecular weight is 408 g/mol. The van der Waals surface area contributed by atoms with Gasteiger partial charge in [0.2, 0.25) is 0 Å². The molecule has 2 rings (SSSR count). The predicted molar refractivity (Wildman–Crippen MR) is 104 cm³/mol. The fraction of sp³-hybridized carbons (Fsp3) is 0.526. The van der Waals surface area contributed by atoms with E-state index in [9.17, 15) is 14.7 Å². The van der Waals surface area contributed by atoms with Crippen LogP contribution in [0.4, 0.5) is 5.69 Å². The molecule has 1 saturated heterocycles. The first-order chi connectivity index (χ1) is 13.7. The molecule has 0 bridgehead atoms. The number of benzene rings is 1. The Bertz CT molecular complexity index is 690. The van der Waals surface area contributed by atoms with E-state index in [0.29, 0.717) is 25.3 Å². The molecule has 4 N–H and O–H groups in total. The van der Waals surface area contributed by atoms with Gasteiger partial charge < -0.3 is 20.8 Å². The van der Waals surface area contributed by atoms with Gasteiger partial charge in [-0.3, -0.25) is 19.4 Å². The first kappa shape index (κ1) is 24.3. The molecule has 1 aliphatic rings. The zero-order chi connectivity index (χ0) is 21.8. The molecule has 0 spiro atoms. The standard InChI is InChI=1S/C18H28N4O4.CO2/c1-20-6-7-21(12-17(23)24)8-9-22(13-18(25)26)16(11-20)10-14-2-4-15(19)5-3-14;2-1-3/h2-5,16H,6-13,19H2,1H3,(H,23,24)(H,25,26);. The highest BCUT2D eigenvalue weighted by atomic mass is 16.4. The molecular weight excluding hydrogens is 380 g/mol. The quantitative estimate of drug-likeness (QED) is 0.517. The largest absolute Gasteiger partial charge is 0.480 e. The first-order valence-corrected chi connectivity index (χ1v) is 9.17. The SMILES string of the molecule is CN1CCN(CC(=O)O)CCN(CC(=O)O)C(Cc2ccc(N)cc2)C1.O=C=O. The summed E-state index contributed by atoms with van der Waals surface area (Å²) >= 11 is 0. The van der Waals surface area contributed by atoms with E-state index in [2.05, 4.69) is 4.90 Å². The predicted octanol–water partition coefficient (Wildman–Crippen LogP) is -0.685. The number of carbonyl (C=O) groups is 2. The van der Waals surface area contributed by atoms with Gasteiger partial charge in [0.25, 0.3) is 0 Å². The van der Waals surface area contributed by atoms with Crippen LogP contribution in [0.1, 0.15) is 5.56 Å². The van der Waals surface area contributed by atoms with Crippen LogP contribution in [0.3, 0.4) is 0 Å². The molecule has 1 heterocycles. The molecule has 1 aromatic rings. The van der Waals surface area contributed by atoms with Gasteiger partial charge in [-0.05, 0) is 31.2 Å². The minimum absolute atomic E-state index is 0.0304. The Hall–Kier alpha value is -2.78. The summed E-state index contributed by atoms with van der Waals surface area (Å²) in [6.45, 7) is 3.08. The van der Waals surface area contributed by atoms with Crippen molar-refractivity contribution >= 4 is 23.8 Å². The Morgan fingerprint density at radius 3 is 2.14 bits per heavy atom. The normalized spacial score (nSPS) is 19.0. The van der Waals surface area contributed by atoms with E-state index in [-0.39, 0.29) is 25.3 Å². The molecule has 10 heteroatoms. The number of nitrogen functional groups attached to an aromatic ring is 1. The van der Waals surface area contributed by atoms with Crippen molar-refractivity contribution in [2.75, 3.05) is 58.6 Å². The lowest BCUT2D eigenvalue weighted by atomic mass is 10.0. The molecule has 10 nitrogen and oxygen atoms in total. The van der Waals surface area contributed by atoms with Crippen molar-refractivity contribution in [3.63, 3.8) is 0 Å². The van der Waals surface area contributed by atoms with Crippen LogP contribution in [0.15, 0.2) is 24.3 Å². The minimum Gasteiger partial charge on any atom is -0.480 e. The number of nitrogens with two attached hydrogens (primary N) is 1. The zero-order valence-electron chi connectivity index (χ0n) is 16.5. The van der Waals surface area contributed by atoms with Crippen molar-refractivity contribution in [3.8, 4) is 0 Å². The zero-order valence-corrected chi connectivity index (χ0v) is 16.5. The van der Waals surface area contributed by atoms with Gasteiger partial charge in [-0.15, -0.1) is 0 Å². The maximum atomic E-state index is 11.4. The second kappa shape index (κ2) is 12.6. The number of aliphatic carboxylic acids is 2. The van der Waals surface area contributed by atoms with Crippen molar-refractivity contribution in [3.05, 3.63) is 29.8 Å². The molecule has 0 amide bonds. The number of hydrogen-bond donors (Lipinski definition) is 3. The molecule has 29 heavy (non-hydrogen) atoms. The average Bonchev–Trinajstić information content (AvgIpc) is 2.69. The summed E-state index contributed by atoms with van der Waals surface area (Å²) in [7, 11) is 1.99. The van der Waals surface area contributed by atoms with Crippen LogP contribution in [0.2, 0.25) is 0 Å². The summed E-state index contributed by atoms with van der Waals surface area (Å²) in [6, 6.07) is 7.67. The second-order valence-electron chi connectivity index (χ2n) is 6.98. The number of likely N-dealkylation sites (N-methyl/N-ethyl adjacent to an activating group) is 1. The molecule has 1 aliphatic heterocycles. The highest BCUT2D eigenvalue weighted by Gasteiger charge is 2.25. The van der Waals surface area contributed by atoms with Crippen molar-refractivity contribution in [2.45, 2.75) is 12.5 Å². The lowest BCUT2D eigenvalue weighted by Gasteiger charge is -2.32. The number of carbonyl (C=O) groups excluding carboxylic acids is 2. The third-order valence-electron chi connectivity index (χ3n) is 4.69. The third kappa shape index (κ3) is 9.82. The van der Waals surface area contributed by atoms with E-state index in [1.807, 2.05) is 41.1 Å². The number of carboxylic acid groups (broad SMARTS) is 2. The second-order valence-corrected chi connectivity index (χ2v) is 6.98. The van der Waals surface area contributed by atoms with Crippen LogP contribution in [0.25, 0.3) is 0 Å². The third-order valence-corrected chi connectivity index (χ3v) is 4.69. The number of anilines is 1. The maximum absolute atomic E-state index is 11.4. The van der Waals surface area contributed by atoms with Gasteiger partial charge in [0.05, 0.1) is 13.1 Å². The van der Waals surface area contributed by atoms with Crippen LogP contribution in [0.5, 0.6) is 0 Å². The lowest BCUT2D eigenvalue weighted by molar-refractivity contribution is -0.191. The van der Waals surface area contributed by atoms with Crippen molar-refractivity contribution in [1.29, 1.82) is 0 Å². The summed E-state index contributed by atoms with van der Waals surface area (Å²) in [6.07, 6.45) is 0.969. The van der Waals surface area contributed by atoms with E-state index in [1.165, 1.54) is 0 Å². The molecule has 0 aliphatic carbocycles. The van der Waals surface area contributed by atoms with Crippen molar-refractivity contribution < 1.29 is 29.4 Å². The Labute approximate surface area is 169 Å². The number of rotatable bonds is 6. The number of hydrogen-bond acceptors (Lipinski definition) is 8. The smallest absolute Gasteiger partial charge is 0.373 e. The topological polar surface area (TPSA) is 144 Å². The van der Waals surface area contributed by atoms with E-state index in [1.54, 1.807) is 0 Å². The van der Waals surface area contributed by atoms with Gasteiger partial charge in [-0.1, -0.05) is 12.1 Å². The van der Waals surface area contributed by atoms with Gasteiger partial charge in [0.15, 0.2) is 0 Å². The molecular formula is C19H28N4O6. The van der Waals surface area contributed by atoms with E-state index < -0.39 is 11.9 Å². The van der Waals surface area contributed by atoms with Gasteiger partial charge in [-0.25, -0.2) is 0 Å². The first-order valence-electron chi connectivity index (χ1n) is 9.17. The Morgan fingerprint density at radius 2 is 1.59 bits per heavy atom. The summed E-state index contributed by atoms with van der Waals surface area (Å²) < 4.78 is 0. The van der Waals surface area contributed by atoms with Gasteiger partial charge in [0.1, 0.15) is 0 Å². The van der Waals surface area contributed by atoms with Crippen LogP contribution < -0.4 is 5.73 Å².